The van der Waals surface area contributed by atoms with Crippen molar-refractivity contribution in [2.24, 2.45) is 0 Å². The van der Waals surface area contributed by atoms with E-state index >= 15 is 0 Å². The Morgan fingerprint density at radius 3 is 2.00 bits per heavy atom. The quantitative estimate of drug-likeness (QED) is 0.590. The Balaban J connectivity index is 2.90. The summed E-state index contributed by atoms with van der Waals surface area (Å²) in [7, 11) is -0.673. The summed E-state index contributed by atoms with van der Waals surface area (Å²) in [6, 6.07) is 10.4. The van der Waals surface area contributed by atoms with Crippen LogP contribution < -0.4 is 5.19 Å². The molecule has 0 aromatic heterocycles. The summed E-state index contributed by atoms with van der Waals surface area (Å²) < 4.78 is 0. The first kappa shape index (κ1) is 8.02. The largest absolute Gasteiger partial charge is 0.138 e. The van der Waals surface area contributed by atoms with E-state index in [-0.39, 0.29) is 0 Å². The van der Waals surface area contributed by atoms with E-state index in [9.17, 15) is 0 Å². The van der Waals surface area contributed by atoms with Crippen LogP contribution in [-0.4, -0.2) is 8.80 Å². The van der Waals surface area contributed by atoms with Crippen LogP contribution in [0.5, 0.6) is 0 Å². The molecular formula is C10H11Si. The Hall–Kier alpha value is -1.08. The second-order valence-corrected chi connectivity index (χ2v) is 4.53. The van der Waals surface area contributed by atoms with Gasteiger partial charge < -0.3 is 0 Å². The van der Waals surface area contributed by atoms with Crippen LogP contribution in [0.4, 0.5) is 0 Å². The van der Waals surface area contributed by atoms with Crippen molar-refractivity contribution in [1.29, 1.82) is 0 Å². The number of hydrogen-bond acceptors (Lipinski definition) is 0. The molecule has 1 heteroatoms. The Labute approximate surface area is 69.5 Å². The van der Waals surface area contributed by atoms with Gasteiger partial charge >= 0.3 is 0 Å². The van der Waals surface area contributed by atoms with Crippen molar-refractivity contribution in [2.75, 3.05) is 0 Å². The van der Waals surface area contributed by atoms with Gasteiger partial charge in [0.2, 0.25) is 0 Å². The minimum Gasteiger partial charge on any atom is -0.106 e. The van der Waals surface area contributed by atoms with Crippen molar-refractivity contribution in [1.82, 2.24) is 0 Å². The summed E-state index contributed by atoms with van der Waals surface area (Å²) in [5.74, 6) is 0. The van der Waals surface area contributed by atoms with Gasteiger partial charge in [-0.2, -0.15) is 0 Å². The van der Waals surface area contributed by atoms with E-state index in [1.807, 2.05) is 29.6 Å². The number of rotatable bonds is 3. The van der Waals surface area contributed by atoms with Crippen LogP contribution in [0.15, 0.2) is 54.9 Å². The zero-order valence-electron chi connectivity index (χ0n) is 6.46. The van der Waals surface area contributed by atoms with Gasteiger partial charge in [0, 0.05) is 0 Å². The van der Waals surface area contributed by atoms with Crippen LogP contribution in [0.25, 0.3) is 0 Å². The number of benzene rings is 1. The molecule has 55 valence electrons. The van der Waals surface area contributed by atoms with E-state index in [2.05, 4.69) is 25.3 Å². The standard InChI is InChI=1S/C10H11Si/c1-3-11(4-2)10-8-6-5-7-9-10/h3-9H,1-2H2. The van der Waals surface area contributed by atoms with Crippen LogP contribution in [0.1, 0.15) is 0 Å². The lowest BCUT2D eigenvalue weighted by Crippen LogP contribution is -2.24. The van der Waals surface area contributed by atoms with Crippen LogP contribution in [0.3, 0.4) is 0 Å². The zero-order chi connectivity index (χ0) is 8.10. The van der Waals surface area contributed by atoms with E-state index in [1.165, 1.54) is 5.19 Å². The van der Waals surface area contributed by atoms with Gasteiger partial charge in [-0.1, -0.05) is 46.9 Å². The summed E-state index contributed by atoms with van der Waals surface area (Å²) in [4.78, 5) is 0. The minimum atomic E-state index is -0.673. The van der Waals surface area contributed by atoms with E-state index in [4.69, 9.17) is 0 Å². The topological polar surface area (TPSA) is 0 Å². The Morgan fingerprint density at radius 2 is 1.55 bits per heavy atom. The van der Waals surface area contributed by atoms with Gasteiger partial charge in [0.15, 0.2) is 0 Å². The van der Waals surface area contributed by atoms with E-state index in [0.29, 0.717) is 0 Å². The molecule has 0 atom stereocenters. The molecule has 1 aromatic rings. The third kappa shape index (κ3) is 1.92. The predicted molar refractivity (Wildman–Crippen MR) is 52.2 cm³/mol. The summed E-state index contributed by atoms with van der Waals surface area (Å²) in [6.45, 7) is 7.56. The van der Waals surface area contributed by atoms with Crippen molar-refractivity contribution in [3.05, 3.63) is 54.9 Å². The summed E-state index contributed by atoms with van der Waals surface area (Å²) in [5, 5.41) is 1.35. The normalized spacial score (nSPS) is 9.55. The van der Waals surface area contributed by atoms with Gasteiger partial charge in [0.1, 0.15) is 8.80 Å². The van der Waals surface area contributed by atoms with Crippen LogP contribution in [0.2, 0.25) is 0 Å². The molecule has 0 bridgehead atoms. The minimum absolute atomic E-state index is 0.673. The summed E-state index contributed by atoms with van der Waals surface area (Å²) >= 11 is 0. The molecule has 0 heterocycles. The molecule has 0 spiro atoms. The Bertz CT molecular complexity index is 230. The van der Waals surface area contributed by atoms with Crippen molar-refractivity contribution in [3.63, 3.8) is 0 Å². The van der Waals surface area contributed by atoms with E-state index in [0.717, 1.165) is 0 Å². The highest BCUT2D eigenvalue weighted by molar-refractivity contribution is 6.81. The fourth-order valence-electron chi connectivity index (χ4n) is 0.950. The van der Waals surface area contributed by atoms with Gasteiger partial charge in [-0.15, -0.1) is 13.2 Å². The molecule has 0 aliphatic rings. The average Bonchev–Trinajstić information content (AvgIpc) is 2.09. The van der Waals surface area contributed by atoms with Gasteiger partial charge in [-0.25, -0.2) is 0 Å². The summed E-state index contributed by atoms with van der Waals surface area (Å²) in [5.41, 5.74) is 3.99. The fraction of sp³-hybridized carbons (Fsp3) is 0. The lowest BCUT2D eigenvalue weighted by Gasteiger charge is -2.02. The van der Waals surface area contributed by atoms with Crippen molar-refractivity contribution in [2.45, 2.75) is 0 Å². The molecule has 0 N–H and O–H groups in total. The fourth-order valence-corrected chi connectivity index (χ4v) is 2.17. The Kier molecular flexibility index (Phi) is 2.87. The maximum Gasteiger partial charge on any atom is 0.138 e. The molecule has 0 aliphatic carbocycles. The predicted octanol–water partition coefficient (Wildman–Crippen LogP) is 1.84. The SMILES string of the molecule is C=C[Si](C=C)c1ccccc1. The maximum atomic E-state index is 3.78. The third-order valence-electron chi connectivity index (χ3n) is 1.55. The van der Waals surface area contributed by atoms with Crippen LogP contribution >= 0.6 is 0 Å². The average molecular weight is 159 g/mol. The van der Waals surface area contributed by atoms with Gasteiger partial charge in [0.25, 0.3) is 0 Å². The highest BCUT2D eigenvalue weighted by Gasteiger charge is 2.02. The molecule has 1 rings (SSSR count). The van der Waals surface area contributed by atoms with Crippen LogP contribution in [0, 0.1) is 0 Å². The van der Waals surface area contributed by atoms with Crippen LogP contribution in [-0.2, 0) is 0 Å². The highest BCUT2D eigenvalue weighted by atomic mass is 28.3. The molecular weight excluding hydrogens is 148 g/mol. The zero-order valence-corrected chi connectivity index (χ0v) is 7.46. The molecule has 1 radical (unpaired) electrons. The van der Waals surface area contributed by atoms with E-state index in [1.54, 1.807) is 0 Å². The molecule has 0 saturated heterocycles. The second-order valence-electron chi connectivity index (χ2n) is 2.23. The lowest BCUT2D eigenvalue weighted by molar-refractivity contribution is 1.76. The first-order valence-electron chi connectivity index (χ1n) is 3.55. The van der Waals surface area contributed by atoms with Crippen molar-refractivity contribution < 1.29 is 0 Å². The molecule has 0 amide bonds. The first-order chi connectivity index (χ1) is 5.38. The summed E-state index contributed by atoms with van der Waals surface area (Å²) in [6.07, 6.45) is 0. The van der Waals surface area contributed by atoms with E-state index < -0.39 is 8.80 Å². The third-order valence-corrected chi connectivity index (χ3v) is 3.43. The molecule has 0 fully saturated rings. The van der Waals surface area contributed by atoms with Gasteiger partial charge in [-0.05, 0) is 0 Å². The monoisotopic (exact) mass is 159 g/mol. The molecule has 0 nitrogen and oxygen atoms in total. The second kappa shape index (κ2) is 3.94. The number of hydrogen-bond donors (Lipinski definition) is 0. The van der Waals surface area contributed by atoms with Gasteiger partial charge in [0.05, 0.1) is 0 Å². The van der Waals surface area contributed by atoms with Crippen molar-refractivity contribution in [3.8, 4) is 0 Å². The molecule has 0 unspecified atom stereocenters. The van der Waals surface area contributed by atoms with Crippen molar-refractivity contribution >= 4 is 14.0 Å². The molecule has 1 aromatic carbocycles. The molecule has 11 heavy (non-hydrogen) atoms. The maximum absolute atomic E-state index is 3.78. The lowest BCUT2D eigenvalue weighted by atomic mass is 10.4. The molecule has 0 saturated carbocycles. The first-order valence-corrected chi connectivity index (χ1v) is 5.21. The smallest absolute Gasteiger partial charge is 0.106 e. The Morgan fingerprint density at radius 1 is 1.00 bits per heavy atom. The highest BCUT2D eigenvalue weighted by Crippen LogP contribution is 1.89. The molecule has 0 aliphatic heterocycles. The van der Waals surface area contributed by atoms with Gasteiger partial charge in [-0.3, -0.25) is 0 Å².